The van der Waals surface area contributed by atoms with Crippen LogP contribution in [-0.4, -0.2) is 44.0 Å². The minimum absolute atomic E-state index is 0.0644. The van der Waals surface area contributed by atoms with Gasteiger partial charge in [-0.1, -0.05) is 41.9 Å². The van der Waals surface area contributed by atoms with Gasteiger partial charge in [0.1, 0.15) is 0 Å². The van der Waals surface area contributed by atoms with Crippen LogP contribution in [0.3, 0.4) is 0 Å². The van der Waals surface area contributed by atoms with Crippen molar-refractivity contribution in [2.45, 2.75) is 46.2 Å². The van der Waals surface area contributed by atoms with Crippen molar-refractivity contribution in [2.75, 3.05) is 18.4 Å². The molecule has 0 fully saturated rings. The smallest absolute Gasteiger partial charge is 0.338 e. The average molecular weight is 544 g/mol. The van der Waals surface area contributed by atoms with Gasteiger partial charge in [-0.25, -0.2) is 14.8 Å². The Kier molecular flexibility index (Phi) is 8.94. The first-order valence-corrected chi connectivity index (χ1v) is 13.3. The molecule has 0 unspecified atom stereocenters. The first kappa shape index (κ1) is 28.2. The lowest BCUT2D eigenvalue weighted by molar-refractivity contribution is 0.0696. The van der Waals surface area contributed by atoms with E-state index >= 15 is 0 Å². The zero-order chi connectivity index (χ0) is 28.0. The lowest BCUT2D eigenvalue weighted by atomic mass is 9.88. The molecule has 0 aliphatic heterocycles. The Hall–Kier alpha value is -3.81. The monoisotopic (exact) mass is 543 g/mol. The first-order chi connectivity index (χ1) is 18.7. The van der Waals surface area contributed by atoms with E-state index in [1.54, 1.807) is 0 Å². The van der Waals surface area contributed by atoms with Crippen molar-refractivity contribution < 1.29 is 9.90 Å². The van der Waals surface area contributed by atoms with Crippen LogP contribution < -0.4 is 5.32 Å². The third-order valence-electron chi connectivity index (χ3n) is 7.22. The SMILES string of the molecule is Cc1cnccc1-c1cccc(C(C)(C)N(CCCNc2ncc(C(=O)O)cn2)Cc2cccc(Cl)c2C)c1. The van der Waals surface area contributed by atoms with Crippen LogP contribution in [0.1, 0.15) is 52.9 Å². The molecular formula is C31H34ClN5O2. The van der Waals surface area contributed by atoms with Crippen molar-refractivity contribution in [1.29, 1.82) is 0 Å². The summed E-state index contributed by atoms with van der Waals surface area (Å²) < 4.78 is 0. The number of benzene rings is 2. The molecule has 2 aromatic carbocycles. The molecule has 202 valence electrons. The maximum Gasteiger partial charge on any atom is 0.338 e. The fourth-order valence-corrected chi connectivity index (χ4v) is 4.83. The first-order valence-electron chi connectivity index (χ1n) is 13.0. The Bertz CT molecular complexity index is 1440. The van der Waals surface area contributed by atoms with E-state index in [1.807, 2.05) is 24.5 Å². The molecule has 0 aliphatic carbocycles. The highest BCUT2D eigenvalue weighted by molar-refractivity contribution is 6.31. The topological polar surface area (TPSA) is 91.2 Å². The fourth-order valence-electron chi connectivity index (χ4n) is 4.63. The second-order valence-corrected chi connectivity index (χ2v) is 10.6. The quantitative estimate of drug-likeness (QED) is 0.202. The lowest BCUT2D eigenvalue weighted by Crippen LogP contribution is -2.42. The van der Waals surface area contributed by atoms with Gasteiger partial charge in [0.15, 0.2) is 0 Å². The summed E-state index contributed by atoms with van der Waals surface area (Å²) in [5.74, 6) is -0.629. The van der Waals surface area contributed by atoms with E-state index in [1.165, 1.54) is 34.6 Å². The number of aromatic nitrogens is 3. The van der Waals surface area contributed by atoms with Gasteiger partial charge in [0.2, 0.25) is 5.95 Å². The van der Waals surface area contributed by atoms with Gasteiger partial charge in [0, 0.05) is 55.0 Å². The van der Waals surface area contributed by atoms with Gasteiger partial charge in [-0.2, -0.15) is 0 Å². The van der Waals surface area contributed by atoms with Gasteiger partial charge in [-0.3, -0.25) is 9.88 Å². The third-order valence-corrected chi connectivity index (χ3v) is 7.63. The molecule has 4 aromatic rings. The molecule has 4 rings (SSSR count). The van der Waals surface area contributed by atoms with E-state index in [-0.39, 0.29) is 11.1 Å². The fraction of sp³-hybridized carbons (Fsp3) is 0.290. The van der Waals surface area contributed by atoms with Gasteiger partial charge in [0.25, 0.3) is 0 Å². The van der Waals surface area contributed by atoms with Crippen LogP contribution in [0.15, 0.2) is 73.3 Å². The van der Waals surface area contributed by atoms with Gasteiger partial charge in [-0.15, -0.1) is 0 Å². The molecule has 0 radical (unpaired) electrons. The van der Waals surface area contributed by atoms with Crippen LogP contribution in [0.2, 0.25) is 5.02 Å². The van der Waals surface area contributed by atoms with Gasteiger partial charge in [-0.05, 0) is 85.7 Å². The van der Waals surface area contributed by atoms with Crippen LogP contribution in [0, 0.1) is 13.8 Å². The molecule has 0 saturated carbocycles. The van der Waals surface area contributed by atoms with E-state index in [2.05, 4.69) is 89.3 Å². The summed E-state index contributed by atoms with van der Waals surface area (Å²) in [6, 6.07) is 16.9. The number of anilines is 1. The molecule has 0 aliphatic rings. The molecule has 2 aromatic heterocycles. The summed E-state index contributed by atoms with van der Waals surface area (Å²) in [5.41, 5.74) is 6.77. The van der Waals surface area contributed by atoms with Crippen LogP contribution in [0.4, 0.5) is 5.95 Å². The Balaban J connectivity index is 1.56. The third kappa shape index (κ3) is 6.80. The Morgan fingerprint density at radius 1 is 1.05 bits per heavy atom. The number of aromatic carboxylic acids is 1. The zero-order valence-corrected chi connectivity index (χ0v) is 23.5. The van der Waals surface area contributed by atoms with Crippen molar-refractivity contribution in [1.82, 2.24) is 19.9 Å². The summed E-state index contributed by atoms with van der Waals surface area (Å²) in [5, 5.41) is 13.0. The maximum absolute atomic E-state index is 11.1. The van der Waals surface area contributed by atoms with Crippen molar-refractivity contribution in [3.05, 3.63) is 106 Å². The number of hydrogen-bond donors (Lipinski definition) is 2. The molecule has 2 heterocycles. The number of carbonyl (C=O) groups is 1. The minimum Gasteiger partial charge on any atom is -0.478 e. The number of rotatable bonds is 11. The largest absolute Gasteiger partial charge is 0.478 e. The Morgan fingerprint density at radius 3 is 2.51 bits per heavy atom. The highest BCUT2D eigenvalue weighted by Crippen LogP contribution is 2.34. The van der Waals surface area contributed by atoms with E-state index < -0.39 is 5.97 Å². The van der Waals surface area contributed by atoms with Crippen molar-refractivity contribution in [3.63, 3.8) is 0 Å². The van der Waals surface area contributed by atoms with E-state index in [0.717, 1.165) is 35.7 Å². The minimum atomic E-state index is -1.04. The number of carboxylic acid groups (broad SMARTS) is 1. The summed E-state index contributed by atoms with van der Waals surface area (Å²) in [6.07, 6.45) is 7.18. The summed E-state index contributed by atoms with van der Waals surface area (Å²) in [6.45, 7) is 10.8. The van der Waals surface area contributed by atoms with Crippen LogP contribution in [0.5, 0.6) is 0 Å². The van der Waals surface area contributed by atoms with E-state index in [0.29, 0.717) is 12.5 Å². The molecule has 0 atom stereocenters. The lowest BCUT2D eigenvalue weighted by Gasteiger charge is -2.40. The van der Waals surface area contributed by atoms with Crippen LogP contribution >= 0.6 is 11.6 Å². The van der Waals surface area contributed by atoms with Crippen LogP contribution in [0.25, 0.3) is 11.1 Å². The molecule has 0 amide bonds. The number of hydrogen-bond acceptors (Lipinski definition) is 6. The normalized spacial score (nSPS) is 11.5. The summed E-state index contributed by atoms with van der Waals surface area (Å²) in [7, 11) is 0. The molecule has 39 heavy (non-hydrogen) atoms. The second-order valence-electron chi connectivity index (χ2n) is 10.2. The molecule has 0 spiro atoms. The van der Waals surface area contributed by atoms with E-state index in [4.69, 9.17) is 16.7 Å². The Morgan fingerprint density at radius 2 is 1.79 bits per heavy atom. The van der Waals surface area contributed by atoms with Crippen molar-refractivity contribution in [3.8, 4) is 11.1 Å². The Labute approximate surface area is 234 Å². The standard InChI is InChI=1S/C31H34ClN5O2/c1-21-17-33-14-12-27(21)23-8-5-10-26(16-23)31(3,4)37(20-24-9-6-11-28(32)22(24)2)15-7-13-34-30-35-18-25(19-36-30)29(38)39/h5-6,8-12,14,16-19H,7,13,15,20H2,1-4H3,(H,38,39)(H,34,35,36). The van der Waals surface area contributed by atoms with Crippen molar-refractivity contribution >= 4 is 23.5 Å². The number of pyridine rings is 1. The van der Waals surface area contributed by atoms with E-state index in [9.17, 15) is 4.79 Å². The second kappa shape index (κ2) is 12.4. The zero-order valence-electron chi connectivity index (χ0n) is 22.8. The maximum atomic E-state index is 11.1. The van der Waals surface area contributed by atoms with Crippen LogP contribution in [-0.2, 0) is 12.1 Å². The number of carboxylic acids is 1. The highest BCUT2D eigenvalue weighted by Gasteiger charge is 2.29. The number of nitrogens with zero attached hydrogens (tertiary/aromatic N) is 4. The van der Waals surface area contributed by atoms with Gasteiger partial charge < -0.3 is 10.4 Å². The average Bonchev–Trinajstić information content (AvgIpc) is 2.93. The van der Waals surface area contributed by atoms with Crippen molar-refractivity contribution in [2.24, 2.45) is 0 Å². The highest BCUT2D eigenvalue weighted by atomic mass is 35.5. The van der Waals surface area contributed by atoms with Gasteiger partial charge >= 0.3 is 5.97 Å². The number of aryl methyl sites for hydroxylation is 1. The molecule has 0 bridgehead atoms. The predicted molar refractivity (Wildman–Crippen MR) is 156 cm³/mol. The number of halogens is 1. The molecule has 0 saturated heterocycles. The molecule has 2 N–H and O–H groups in total. The molecule has 8 heteroatoms. The summed E-state index contributed by atoms with van der Waals surface area (Å²) >= 11 is 6.47. The molecule has 7 nitrogen and oxygen atoms in total. The summed E-state index contributed by atoms with van der Waals surface area (Å²) in [4.78, 5) is 26.0. The van der Waals surface area contributed by atoms with Gasteiger partial charge in [0.05, 0.1) is 5.56 Å². The molecular weight excluding hydrogens is 510 g/mol. The number of nitrogens with one attached hydrogen (secondary N) is 1. The predicted octanol–water partition coefficient (Wildman–Crippen LogP) is 6.75.